The maximum Gasteiger partial charge on any atom is 0.316 e. The molecule has 2 aliphatic rings. The van der Waals surface area contributed by atoms with Crippen molar-refractivity contribution in [1.82, 2.24) is 0 Å². The molecular formula is C17H14N4O2S. The number of hydrogen-bond donors (Lipinski definition) is 2. The Hall–Kier alpha value is -2.80. The zero-order chi connectivity index (χ0) is 17.0. The lowest BCUT2D eigenvalue weighted by Crippen LogP contribution is -2.20. The first-order valence-corrected chi connectivity index (χ1v) is 8.25. The molecule has 0 fully saturated rings. The molecule has 3 N–H and O–H groups in total. The zero-order valence-electron chi connectivity index (χ0n) is 13.1. The van der Waals surface area contributed by atoms with E-state index in [4.69, 9.17) is 5.73 Å². The summed E-state index contributed by atoms with van der Waals surface area (Å²) in [5.74, 6) is -0.150. The zero-order valence-corrected chi connectivity index (χ0v) is 13.9. The van der Waals surface area contributed by atoms with Gasteiger partial charge in [-0.25, -0.2) is 4.79 Å². The van der Waals surface area contributed by atoms with Gasteiger partial charge in [0.05, 0.1) is 16.8 Å². The lowest BCUT2D eigenvalue weighted by atomic mass is 10.0. The van der Waals surface area contributed by atoms with E-state index in [1.807, 2.05) is 26.0 Å². The fourth-order valence-corrected chi connectivity index (χ4v) is 4.22. The predicted octanol–water partition coefficient (Wildman–Crippen LogP) is 3.97. The molecule has 1 aliphatic heterocycles. The Kier molecular flexibility index (Phi) is 3.14. The number of fused-ring (bicyclic) bond motifs is 3. The van der Waals surface area contributed by atoms with Crippen molar-refractivity contribution in [2.75, 3.05) is 5.32 Å². The van der Waals surface area contributed by atoms with Crippen molar-refractivity contribution >= 4 is 34.5 Å². The molecule has 2 amide bonds. The van der Waals surface area contributed by atoms with E-state index in [2.05, 4.69) is 15.5 Å². The summed E-state index contributed by atoms with van der Waals surface area (Å²) in [5, 5.41) is 11.1. The standard InChI is InChI=1S/C17H14N4O2S/c1-7-6-10(8(2)24-7)15-13-14(20-21-15)9-4-3-5-11(19-17(18)23)12(9)16(13)22/h3-6,14H,1-2H3,(H3,18,19,23). The van der Waals surface area contributed by atoms with E-state index in [1.165, 1.54) is 0 Å². The maximum absolute atomic E-state index is 13.0. The van der Waals surface area contributed by atoms with E-state index in [0.717, 1.165) is 20.9 Å². The summed E-state index contributed by atoms with van der Waals surface area (Å²) in [5.41, 5.74) is 8.99. The van der Waals surface area contributed by atoms with E-state index in [1.54, 1.807) is 23.5 Å². The van der Waals surface area contributed by atoms with Gasteiger partial charge in [0.1, 0.15) is 11.7 Å². The summed E-state index contributed by atoms with van der Waals surface area (Å²) < 4.78 is 0. The summed E-state index contributed by atoms with van der Waals surface area (Å²) in [6.45, 7) is 4.03. The molecule has 1 aliphatic carbocycles. The number of nitrogens with one attached hydrogen (secondary N) is 1. The highest BCUT2D eigenvalue weighted by Crippen LogP contribution is 2.49. The van der Waals surface area contributed by atoms with Gasteiger partial charge in [-0.1, -0.05) is 12.1 Å². The van der Waals surface area contributed by atoms with Crippen LogP contribution in [0, 0.1) is 13.8 Å². The molecule has 1 atom stereocenters. The molecule has 0 saturated carbocycles. The summed E-state index contributed by atoms with van der Waals surface area (Å²) in [7, 11) is 0. The minimum absolute atomic E-state index is 0.150. The molecule has 120 valence electrons. The number of carbonyl (C=O) groups is 2. The van der Waals surface area contributed by atoms with Crippen LogP contribution in [0.1, 0.15) is 37.3 Å². The molecule has 0 bridgehead atoms. The second kappa shape index (κ2) is 5.10. The largest absolute Gasteiger partial charge is 0.351 e. The van der Waals surface area contributed by atoms with Crippen LogP contribution < -0.4 is 11.1 Å². The van der Waals surface area contributed by atoms with Crippen molar-refractivity contribution in [3.8, 4) is 0 Å². The summed E-state index contributed by atoms with van der Waals surface area (Å²) >= 11 is 1.67. The van der Waals surface area contributed by atoms with Crippen LogP contribution in [0.25, 0.3) is 5.70 Å². The Morgan fingerprint density at radius 2 is 2.12 bits per heavy atom. The third kappa shape index (κ3) is 2.01. The SMILES string of the molecule is Cc1cc(C2=C3C(=O)c4c(NC(N)=O)cccc4C3N=N2)c(C)s1. The molecule has 0 saturated heterocycles. The van der Waals surface area contributed by atoms with Gasteiger partial charge >= 0.3 is 6.03 Å². The second-order valence-corrected chi connectivity index (χ2v) is 7.26. The Morgan fingerprint density at radius 1 is 1.33 bits per heavy atom. The van der Waals surface area contributed by atoms with Gasteiger partial charge in [-0.15, -0.1) is 11.3 Å². The molecule has 0 spiro atoms. The number of nitrogens with two attached hydrogens (primary N) is 1. The molecule has 24 heavy (non-hydrogen) atoms. The van der Waals surface area contributed by atoms with Gasteiger partial charge in [-0.3, -0.25) is 4.79 Å². The molecule has 1 aromatic carbocycles. The van der Waals surface area contributed by atoms with Crippen LogP contribution in [-0.4, -0.2) is 11.8 Å². The Labute approximate surface area is 142 Å². The number of Topliss-reactive ketones (excluding diaryl/α,β-unsaturated/α-hetero) is 1. The number of azo groups is 1. The number of hydrogen-bond acceptors (Lipinski definition) is 5. The molecule has 1 unspecified atom stereocenters. The number of nitrogens with zero attached hydrogens (tertiary/aromatic N) is 2. The average Bonchev–Trinajstić information content (AvgIpc) is 3.15. The fraction of sp³-hybridized carbons (Fsp3) is 0.176. The van der Waals surface area contributed by atoms with E-state index < -0.39 is 12.1 Å². The minimum atomic E-state index is -0.701. The van der Waals surface area contributed by atoms with E-state index in [0.29, 0.717) is 22.5 Å². The van der Waals surface area contributed by atoms with Crippen molar-refractivity contribution in [2.45, 2.75) is 19.9 Å². The van der Waals surface area contributed by atoms with Crippen LogP contribution in [-0.2, 0) is 0 Å². The van der Waals surface area contributed by atoms with Crippen molar-refractivity contribution < 1.29 is 9.59 Å². The Balaban J connectivity index is 1.89. The maximum atomic E-state index is 13.0. The molecule has 0 radical (unpaired) electrons. The number of rotatable bonds is 2. The first kappa shape index (κ1) is 14.8. The molecule has 7 heteroatoms. The third-order valence-corrected chi connectivity index (χ3v) is 5.18. The lowest BCUT2D eigenvalue weighted by Gasteiger charge is -2.07. The molecule has 4 rings (SSSR count). The number of urea groups is 1. The average molecular weight is 338 g/mol. The lowest BCUT2D eigenvalue weighted by molar-refractivity contribution is 0.103. The highest BCUT2D eigenvalue weighted by atomic mass is 32.1. The van der Waals surface area contributed by atoms with Gasteiger partial charge in [0, 0.05) is 15.3 Å². The van der Waals surface area contributed by atoms with Gasteiger partial charge in [0.15, 0.2) is 5.78 Å². The predicted molar refractivity (Wildman–Crippen MR) is 92.3 cm³/mol. The first-order valence-electron chi connectivity index (χ1n) is 7.44. The van der Waals surface area contributed by atoms with Crippen LogP contribution in [0.2, 0.25) is 0 Å². The topological polar surface area (TPSA) is 96.9 Å². The van der Waals surface area contributed by atoms with Crippen LogP contribution in [0.15, 0.2) is 40.1 Å². The molecule has 2 heterocycles. The number of thiophene rings is 1. The van der Waals surface area contributed by atoms with E-state index >= 15 is 0 Å². The molecular weight excluding hydrogens is 324 g/mol. The van der Waals surface area contributed by atoms with Crippen LogP contribution in [0.4, 0.5) is 10.5 Å². The first-order chi connectivity index (χ1) is 11.5. The Morgan fingerprint density at radius 3 is 2.79 bits per heavy atom. The van der Waals surface area contributed by atoms with E-state index in [9.17, 15) is 9.59 Å². The second-order valence-electron chi connectivity index (χ2n) is 5.80. The smallest absolute Gasteiger partial charge is 0.316 e. The quantitative estimate of drug-likeness (QED) is 0.866. The number of anilines is 1. The molecule has 2 aromatic rings. The molecule has 6 nitrogen and oxygen atoms in total. The van der Waals surface area contributed by atoms with Crippen LogP contribution in [0.3, 0.4) is 0 Å². The van der Waals surface area contributed by atoms with Crippen molar-refractivity contribution in [3.63, 3.8) is 0 Å². The summed E-state index contributed by atoms with van der Waals surface area (Å²) in [4.78, 5) is 26.5. The van der Waals surface area contributed by atoms with Crippen molar-refractivity contribution in [1.29, 1.82) is 0 Å². The van der Waals surface area contributed by atoms with Gasteiger partial charge in [0.2, 0.25) is 0 Å². The Bertz CT molecular complexity index is 971. The monoisotopic (exact) mass is 338 g/mol. The normalized spacial score (nSPS) is 18.1. The van der Waals surface area contributed by atoms with Crippen molar-refractivity contribution in [3.05, 3.63) is 56.3 Å². The van der Waals surface area contributed by atoms with Crippen molar-refractivity contribution in [2.24, 2.45) is 16.0 Å². The highest BCUT2D eigenvalue weighted by Gasteiger charge is 2.42. The van der Waals surface area contributed by atoms with Gasteiger partial charge < -0.3 is 11.1 Å². The van der Waals surface area contributed by atoms with Crippen LogP contribution in [0.5, 0.6) is 0 Å². The van der Waals surface area contributed by atoms with Gasteiger partial charge in [-0.2, -0.15) is 10.2 Å². The number of aryl methyl sites for hydroxylation is 2. The summed E-state index contributed by atoms with van der Waals surface area (Å²) in [6, 6.07) is 6.20. The van der Waals surface area contributed by atoms with E-state index in [-0.39, 0.29) is 5.78 Å². The fourth-order valence-electron chi connectivity index (χ4n) is 3.29. The number of carbonyl (C=O) groups excluding carboxylic acids is 2. The summed E-state index contributed by atoms with van der Waals surface area (Å²) in [6.07, 6.45) is 0. The van der Waals surface area contributed by atoms with Gasteiger partial charge in [0.25, 0.3) is 0 Å². The number of primary amides is 1. The molecule has 1 aromatic heterocycles. The third-order valence-electron chi connectivity index (χ3n) is 4.22. The minimum Gasteiger partial charge on any atom is -0.351 e. The number of benzene rings is 1. The highest BCUT2D eigenvalue weighted by molar-refractivity contribution is 7.12. The van der Waals surface area contributed by atoms with Gasteiger partial charge in [-0.05, 0) is 31.5 Å². The number of amides is 2. The van der Waals surface area contributed by atoms with Crippen LogP contribution >= 0.6 is 11.3 Å². The number of ketones is 1.